The van der Waals surface area contributed by atoms with E-state index >= 15 is 0 Å². The number of imide groups is 1. The van der Waals surface area contributed by atoms with Crippen LogP contribution in [0.1, 0.15) is 20.7 Å². The van der Waals surface area contributed by atoms with Crippen LogP contribution in [0.2, 0.25) is 0 Å². The summed E-state index contributed by atoms with van der Waals surface area (Å²) in [5.41, 5.74) is -11.9. The highest BCUT2D eigenvalue weighted by molar-refractivity contribution is 6.15. The highest BCUT2D eigenvalue weighted by Crippen LogP contribution is 2.37. The number of nitro benzene ring substituents is 6. The highest BCUT2D eigenvalue weighted by atomic mass is 16.6. The summed E-state index contributed by atoms with van der Waals surface area (Å²) in [6.07, 6.45) is 0. The molecule has 186 valence electrons. The Labute approximate surface area is 193 Å². The van der Waals surface area contributed by atoms with E-state index in [1.807, 2.05) is 0 Å². The Balaban J connectivity index is 2.83. The molecular weight excluding hydrogens is 504 g/mol. The average molecular weight is 510 g/mol. The Bertz CT molecular complexity index is 1240. The van der Waals surface area contributed by atoms with E-state index in [9.17, 15) is 70.3 Å². The van der Waals surface area contributed by atoms with Crippen LogP contribution in [0.4, 0.5) is 34.1 Å². The molecule has 0 aliphatic rings. The summed E-state index contributed by atoms with van der Waals surface area (Å²) in [7, 11) is 0. The first kappa shape index (κ1) is 26.2. The molecule has 0 heterocycles. The largest absolute Gasteiger partial charge is 0.296 e. The third-order valence-corrected chi connectivity index (χ3v) is 4.24. The van der Waals surface area contributed by atoms with E-state index in [2.05, 4.69) is 0 Å². The first-order valence-corrected chi connectivity index (χ1v) is 8.46. The van der Waals surface area contributed by atoms with Crippen LogP contribution in [-0.4, -0.2) is 46.4 Å². The number of rotatable bonds is 8. The summed E-state index contributed by atoms with van der Waals surface area (Å²) in [4.78, 5) is 84.4. The van der Waals surface area contributed by atoms with Gasteiger partial charge in [-0.05, 0) is 0 Å². The zero-order chi connectivity index (χ0) is 27.6. The molecule has 0 saturated carbocycles. The molecule has 0 unspecified atom stereocenters. The number of nitro groups is 6. The van der Waals surface area contributed by atoms with Gasteiger partial charge < -0.3 is 0 Å². The summed E-state index contributed by atoms with van der Waals surface area (Å²) in [5.74, 6) is 1.04. The van der Waals surface area contributed by atoms with Crippen LogP contribution < -0.4 is 5.84 Å². The van der Waals surface area contributed by atoms with Gasteiger partial charge in [0.05, 0.1) is 53.8 Å². The molecule has 2 aromatic carbocycles. The third-order valence-electron chi connectivity index (χ3n) is 4.24. The van der Waals surface area contributed by atoms with E-state index in [-0.39, 0.29) is 24.3 Å². The van der Waals surface area contributed by atoms with E-state index in [0.29, 0.717) is 0 Å². The highest BCUT2D eigenvalue weighted by Gasteiger charge is 2.42. The van der Waals surface area contributed by atoms with E-state index < -0.39 is 91.6 Å². The van der Waals surface area contributed by atoms with Crippen LogP contribution in [0, 0.1) is 60.7 Å². The van der Waals surface area contributed by atoms with Gasteiger partial charge in [-0.3, -0.25) is 70.3 Å². The number of benzene rings is 2. The van der Waals surface area contributed by atoms with Crippen LogP contribution in [-0.2, 0) is 0 Å². The lowest BCUT2D eigenvalue weighted by Gasteiger charge is -2.15. The lowest BCUT2D eigenvalue weighted by Crippen LogP contribution is -2.43. The molecule has 0 aliphatic heterocycles. The van der Waals surface area contributed by atoms with E-state index in [4.69, 9.17) is 5.84 Å². The molecular formula is C14H6N8O14. The Morgan fingerprint density at radius 3 is 0.917 bits per heavy atom. The fourth-order valence-electron chi connectivity index (χ4n) is 2.75. The fourth-order valence-corrected chi connectivity index (χ4v) is 2.75. The molecule has 22 nitrogen and oxygen atoms in total. The molecule has 0 aromatic heterocycles. The zero-order valence-corrected chi connectivity index (χ0v) is 16.7. The lowest BCUT2D eigenvalue weighted by atomic mass is 10.1. The third kappa shape index (κ3) is 4.66. The van der Waals surface area contributed by atoms with Gasteiger partial charge >= 0.3 is 0 Å². The molecule has 2 rings (SSSR count). The van der Waals surface area contributed by atoms with E-state index in [0.717, 1.165) is 0 Å². The van der Waals surface area contributed by atoms with E-state index in [1.54, 1.807) is 0 Å². The zero-order valence-electron chi connectivity index (χ0n) is 16.7. The quantitative estimate of drug-likeness (QED) is 0.172. The normalized spacial score (nSPS) is 10.2. The minimum absolute atomic E-state index is 0.120. The molecule has 2 N–H and O–H groups in total. The van der Waals surface area contributed by atoms with Crippen molar-refractivity contribution in [1.82, 2.24) is 5.01 Å². The SMILES string of the molecule is NN(C(=O)c1c([N+](=O)[O-])cc([N+](=O)[O-])cc1[N+](=O)[O-])C(=O)c1c([N+](=O)[O-])cc([N+](=O)[O-])cc1[N+](=O)[O-]. The summed E-state index contributed by atoms with van der Waals surface area (Å²) in [6, 6.07) is 0.481. The number of carbonyl (C=O) groups is 2. The monoisotopic (exact) mass is 510 g/mol. The van der Waals surface area contributed by atoms with Crippen molar-refractivity contribution < 1.29 is 39.1 Å². The molecule has 2 amide bonds. The lowest BCUT2D eigenvalue weighted by molar-refractivity contribution is -0.403. The number of amides is 2. The molecule has 0 fully saturated rings. The molecule has 0 aliphatic carbocycles. The molecule has 22 heteroatoms. The van der Waals surface area contributed by atoms with E-state index in [1.165, 1.54) is 0 Å². The molecule has 0 radical (unpaired) electrons. The van der Waals surface area contributed by atoms with Crippen LogP contribution in [0.3, 0.4) is 0 Å². The average Bonchev–Trinajstić information content (AvgIpc) is 2.80. The molecule has 36 heavy (non-hydrogen) atoms. The second kappa shape index (κ2) is 9.43. The maximum absolute atomic E-state index is 12.8. The van der Waals surface area contributed by atoms with Gasteiger partial charge in [-0.2, -0.15) is 0 Å². The van der Waals surface area contributed by atoms with Gasteiger partial charge in [-0.15, -0.1) is 0 Å². The van der Waals surface area contributed by atoms with Gasteiger partial charge in [-0.25, -0.2) is 10.9 Å². The standard InChI is InChI=1S/C14H6N8O14/c15-16(13(23)11-7(19(29)30)1-5(17(25)26)2-8(11)20(31)32)14(24)12-9(21(33)34)3-6(18(27)28)4-10(12)22(35)36/h1-4H,15H2. The second-order valence-electron chi connectivity index (χ2n) is 6.24. The van der Waals surface area contributed by atoms with Gasteiger partial charge in [0.1, 0.15) is 0 Å². The maximum atomic E-state index is 12.8. The summed E-state index contributed by atoms with van der Waals surface area (Å²) < 4.78 is 0. The number of nitrogens with zero attached hydrogens (tertiary/aromatic N) is 7. The van der Waals surface area contributed by atoms with Gasteiger partial charge in [0.15, 0.2) is 11.1 Å². The smallest absolute Gasteiger partial charge is 0.267 e. The molecule has 2 aromatic rings. The second-order valence-corrected chi connectivity index (χ2v) is 6.24. The van der Waals surface area contributed by atoms with Crippen molar-refractivity contribution in [3.63, 3.8) is 0 Å². The number of nitrogens with two attached hydrogens (primary N) is 1. The predicted molar refractivity (Wildman–Crippen MR) is 107 cm³/mol. The Hall–Kier alpha value is -6.06. The minimum Gasteiger partial charge on any atom is -0.267 e. The Morgan fingerprint density at radius 1 is 0.528 bits per heavy atom. The number of hydrogen-bond acceptors (Lipinski definition) is 15. The van der Waals surface area contributed by atoms with Crippen molar-refractivity contribution in [2.45, 2.75) is 0 Å². The molecule has 0 atom stereocenters. The molecule has 0 spiro atoms. The Kier molecular flexibility index (Phi) is 6.86. The number of carbonyl (C=O) groups excluding carboxylic acids is 2. The Morgan fingerprint density at radius 2 is 0.750 bits per heavy atom. The van der Waals surface area contributed by atoms with Crippen molar-refractivity contribution >= 4 is 45.9 Å². The van der Waals surface area contributed by atoms with Crippen molar-refractivity contribution in [2.75, 3.05) is 0 Å². The van der Waals surface area contributed by atoms with Gasteiger partial charge in [0, 0.05) is 0 Å². The predicted octanol–water partition coefficient (Wildman–Crippen LogP) is 1.29. The van der Waals surface area contributed by atoms with Crippen LogP contribution in [0.25, 0.3) is 0 Å². The first-order chi connectivity index (χ1) is 16.6. The number of hydrogen-bond donors (Lipinski definition) is 1. The van der Waals surface area contributed by atoms with Gasteiger partial charge in [0.2, 0.25) is 0 Å². The topological polar surface area (TPSA) is 322 Å². The van der Waals surface area contributed by atoms with Gasteiger partial charge in [0.25, 0.3) is 45.9 Å². The minimum atomic E-state index is -2.12. The van der Waals surface area contributed by atoms with Crippen LogP contribution in [0.15, 0.2) is 24.3 Å². The summed E-state index contributed by atoms with van der Waals surface area (Å²) in [6.45, 7) is 0. The first-order valence-electron chi connectivity index (χ1n) is 8.46. The summed E-state index contributed by atoms with van der Waals surface area (Å²) >= 11 is 0. The fraction of sp³-hybridized carbons (Fsp3) is 0. The number of hydrazine groups is 1. The number of non-ortho nitro benzene ring substituents is 2. The van der Waals surface area contributed by atoms with Crippen LogP contribution >= 0.6 is 0 Å². The van der Waals surface area contributed by atoms with Crippen molar-refractivity contribution in [3.8, 4) is 0 Å². The van der Waals surface area contributed by atoms with Crippen molar-refractivity contribution in [3.05, 3.63) is 96.1 Å². The summed E-state index contributed by atoms with van der Waals surface area (Å²) in [5, 5.41) is 66.6. The van der Waals surface area contributed by atoms with Crippen LogP contribution in [0.5, 0.6) is 0 Å². The van der Waals surface area contributed by atoms with Gasteiger partial charge in [-0.1, -0.05) is 0 Å². The molecule has 0 bridgehead atoms. The molecule has 0 saturated heterocycles. The maximum Gasteiger partial charge on any atom is 0.296 e. The van der Waals surface area contributed by atoms with Crippen molar-refractivity contribution in [1.29, 1.82) is 0 Å². The van der Waals surface area contributed by atoms with Crippen molar-refractivity contribution in [2.24, 2.45) is 5.84 Å².